The smallest absolute Gasteiger partial charge is 0.266 e. The van der Waals surface area contributed by atoms with Crippen LogP contribution in [-0.4, -0.2) is 16.8 Å². The number of nitrogens with one attached hydrogen (secondary N) is 1. The molecule has 1 aliphatic heterocycles. The second-order valence-electron chi connectivity index (χ2n) is 4.79. The van der Waals surface area contributed by atoms with Crippen molar-refractivity contribution in [2.45, 2.75) is 25.4 Å². The lowest BCUT2D eigenvalue weighted by Crippen LogP contribution is -2.38. The molecule has 1 unspecified atom stereocenters. The van der Waals surface area contributed by atoms with Crippen molar-refractivity contribution in [3.63, 3.8) is 0 Å². The number of hydrogen-bond donors (Lipinski definition) is 2. The number of Topliss-reactive ketones (excluding diaryl/α,β-unsaturated/α-hetero) is 1. The van der Waals surface area contributed by atoms with Crippen LogP contribution in [0.5, 0.6) is 0 Å². The molecular weight excluding hydrogens is 230 g/mol. The molecule has 1 aromatic rings. The van der Waals surface area contributed by atoms with Gasteiger partial charge in [-0.25, -0.2) is 0 Å². The summed E-state index contributed by atoms with van der Waals surface area (Å²) in [4.78, 5) is 23.8. The molecule has 0 spiro atoms. The van der Waals surface area contributed by atoms with Crippen LogP contribution in [-0.2, 0) is 15.2 Å². The predicted octanol–water partition coefficient (Wildman–Crippen LogP) is 1.42. The predicted molar refractivity (Wildman–Crippen MR) is 66.0 cm³/mol. The molecule has 3 rings (SSSR count). The van der Waals surface area contributed by atoms with E-state index in [0.29, 0.717) is 24.1 Å². The molecule has 1 atom stereocenters. The average molecular weight is 243 g/mol. The summed E-state index contributed by atoms with van der Waals surface area (Å²) in [5.74, 6) is -0.688. The Labute approximate surface area is 104 Å². The van der Waals surface area contributed by atoms with E-state index in [1.165, 1.54) is 0 Å². The molecule has 0 saturated carbocycles. The number of hydrogen-bond acceptors (Lipinski definition) is 3. The lowest BCUT2D eigenvalue weighted by Gasteiger charge is -2.21. The van der Waals surface area contributed by atoms with Gasteiger partial charge in [0, 0.05) is 23.2 Å². The Bertz CT molecular complexity index is 603. The Morgan fingerprint density at radius 2 is 2.11 bits per heavy atom. The van der Waals surface area contributed by atoms with Gasteiger partial charge < -0.3 is 10.4 Å². The number of aryl methyl sites for hydroxylation is 1. The zero-order valence-corrected chi connectivity index (χ0v) is 9.99. The summed E-state index contributed by atoms with van der Waals surface area (Å²) >= 11 is 0. The standard InChI is InChI=1S/C14H13NO3/c1-8-5-6-11-10(7-8)14(18,13(17)15-11)9-3-2-4-12(9)16/h3,5-7,18H,2,4H2,1H3,(H,15,17). The first-order valence-electron chi connectivity index (χ1n) is 5.92. The molecule has 92 valence electrons. The highest BCUT2D eigenvalue weighted by molar-refractivity contribution is 6.14. The van der Waals surface area contributed by atoms with E-state index in [-0.39, 0.29) is 11.4 Å². The van der Waals surface area contributed by atoms with Crippen molar-refractivity contribution >= 4 is 17.4 Å². The van der Waals surface area contributed by atoms with Crippen LogP contribution in [0.1, 0.15) is 24.0 Å². The first kappa shape index (κ1) is 11.2. The molecule has 0 radical (unpaired) electrons. The molecule has 4 heteroatoms. The summed E-state index contributed by atoms with van der Waals surface area (Å²) in [6.45, 7) is 1.88. The Balaban J connectivity index is 2.21. The maximum atomic E-state index is 12.0. The highest BCUT2D eigenvalue weighted by Crippen LogP contribution is 2.43. The molecule has 1 amide bonds. The molecule has 2 N–H and O–H groups in total. The maximum Gasteiger partial charge on any atom is 0.266 e. The summed E-state index contributed by atoms with van der Waals surface area (Å²) in [7, 11) is 0. The van der Waals surface area contributed by atoms with Crippen molar-refractivity contribution < 1.29 is 14.7 Å². The third-order valence-electron chi connectivity index (χ3n) is 3.55. The second kappa shape index (κ2) is 3.53. The van der Waals surface area contributed by atoms with Crippen LogP contribution in [0.2, 0.25) is 0 Å². The first-order valence-corrected chi connectivity index (χ1v) is 5.92. The molecular formula is C14H13NO3. The van der Waals surface area contributed by atoms with Crippen molar-refractivity contribution in [2.75, 3.05) is 5.32 Å². The fraction of sp³-hybridized carbons (Fsp3) is 0.286. The van der Waals surface area contributed by atoms with Gasteiger partial charge in [-0.15, -0.1) is 0 Å². The number of rotatable bonds is 1. The molecule has 0 fully saturated rings. The topological polar surface area (TPSA) is 66.4 Å². The van der Waals surface area contributed by atoms with Crippen molar-refractivity contribution in [3.8, 4) is 0 Å². The van der Waals surface area contributed by atoms with Gasteiger partial charge in [-0.3, -0.25) is 9.59 Å². The van der Waals surface area contributed by atoms with E-state index in [1.807, 2.05) is 13.0 Å². The highest BCUT2D eigenvalue weighted by Gasteiger charge is 2.51. The van der Waals surface area contributed by atoms with Gasteiger partial charge in [-0.2, -0.15) is 0 Å². The van der Waals surface area contributed by atoms with Crippen LogP contribution in [0.4, 0.5) is 5.69 Å². The Morgan fingerprint density at radius 3 is 2.78 bits per heavy atom. The normalized spacial score (nSPS) is 26.0. The SMILES string of the molecule is Cc1ccc2c(c1)C(O)(C1=CCCC1=O)C(=O)N2. The fourth-order valence-corrected chi connectivity index (χ4v) is 2.61. The average Bonchev–Trinajstić information content (AvgIpc) is 2.85. The molecule has 1 aliphatic carbocycles. The van der Waals surface area contributed by atoms with E-state index in [1.54, 1.807) is 18.2 Å². The van der Waals surface area contributed by atoms with Crippen LogP contribution >= 0.6 is 0 Å². The van der Waals surface area contributed by atoms with Gasteiger partial charge in [0.15, 0.2) is 11.4 Å². The van der Waals surface area contributed by atoms with Gasteiger partial charge in [0.2, 0.25) is 0 Å². The van der Waals surface area contributed by atoms with Crippen LogP contribution in [0, 0.1) is 6.92 Å². The van der Waals surface area contributed by atoms with Crippen molar-refractivity contribution in [1.82, 2.24) is 0 Å². The van der Waals surface area contributed by atoms with Gasteiger partial charge in [-0.1, -0.05) is 23.8 Å². The van der Waals surface area contributed by atoms with E-state index in [0.717, 1.165) is 5.56 Å². The summed E-state index contributed by atoms with van der Waals surface area (Å²) in [5.41, 5.74) is 0.399. The van der Waals surface area contributed by atoms with E-state index in [4.69, 9.17) is 0 Å². The summed E-state index contributed by atoms with van der Waals surface area (Å²) in [6.07, 6.45) is 2.62. The molecule has 0 bridgehead atoms. The molecule has 18 heavy (non-hydrogen) atoms. The fourth-order valence-electron chi connectivity index (χ4n) is 2.61. The van der Waals surface area contributed by atoms with Crippen LogP contribution in [0.15, 0.2) is 29.8 Å². The lowest BCUT2D eigenvalue weighted by atomic mass is 9.85. The lowest BCUT2D eigenvalue weighted by molar-refractivity contribution is -0.133. The van der Waals surface area contributed by atoms with Crippen LogP contribution < -0.4 is 5.32 Å². The summed E-state index contributed by atoms with van der Waals surface area (Å²) < 4.78 is 0. The Morgan fingerprint density at radius 1 is 1.33 bits per heavy atom. The summed E-state index contributed by atoms with van der Waals surface area (Å²) in [5, 5.41) is 13.3. The number of carbonyl (C=O) groups is 2. The van der Waals surface area contributed by atoms with Crippen molar-refractivity contribution in [1.29, 1.82) is 0 Å². The van der Waals surface area contributed by atoms with Gasteiger partial charge in [0.25, 0.3) is 5.91 Å². The number of amides is 1. The van der Waals surface area contributed by atoms with Gasteiger partial charge >= 0.3 is 0 Å². The highest BCUT2D eigenvalue weighted by atomic mass is 16.3. The molecule has 1 heterocycles. The number of benzene rings is 1. The minimum absolute atomic E-state index is 0.151. The van der Waals surface area contributed by atoms with Crippen molar-refractivity contribution in [3.05, 3.63) is 41.0 Å². The Kier molecular flexibility index (Phi) is 2.19. The van der Waals surface area contributed by atoms with Crippen molar-refractivity contribution in [2.24, 2.45) is 0 Å². The molecule has 1 aromatic carbocycles. The first-order chi connectivity index (χ1) is 8.53. The monoisotopic (exact) mass is 243 g/mol. The molecule has 0 aromatic heterocycles. The summed E-state index contributed by atoms with van der Waals surface area (Å²) in [6, 6.07) is 5.36. The third kappa shape index (κ3) is 1.29. The van der Waals surface area contributed by atoms with Gasteiger partial charge in [0.05, 0.1) is 0 Å². The molecule has 4 nitrogen and oxygen atoms in total. The van der Waals surface area contributed by atoms with Gasteiger partial charge in [-0.05, 0) is 19.4 Å². The van der Waals surface area contributed by atoms with Crippen LogP contribution in [0.3, 0.4) is 0 Å². The van der Waals surface area contributed by atoms with Crippen LogP contribution in [0.25, 0.3) is 0 Å². The van der Waals surface area contributed by atoms with E-state index in [9.17, 15) is 14.7 Å². The number of anilines is 1. The zero-order valence-electron chi connectivity index (χ0n) is 9.99. The third-order valence-corrected chi connectivity index (χ3v) is 3.55. The van der Waals surface area contributed by atoms with E-state index in [2.05, 4.69) is 5.32 Å². The maximum absolute atomic E-state index is 12.0. The number of aliphatic hydroxyl groups is 1. The number of fused-ring (bicyclic) bond motifs is 1. The Hall–Kier alpha value is -1.94. The second-order valence-corrected chi connectivity index (χ2v) is 4.79. The van der Waals surface area contributed by atoms with E-state index >= 15 is 0 Å². The number of allylic oxidation sites excluding steroid dienone is 1. The number of carbonyl (C=O) groups excluding carboxylic acids is 2. The largest absolute Gasteiger partial charge is 0.372 e. The van der Waals surface area contributed by atoms with E-state index < -0.39 is 11.5 Å². The molecule has 0 saturated heterocycles. The number of ketones is 1. The van der Waals surface area contributed by atoms with Gasteiger partial charge in [0.1, 0.15) is 0 Å². The molecule has 2 aliphatic rings. The minimum atomic E-state index is -1.81. The quantitative estimate of drug-likeness (QED) is 0.784. The zero-order chi connectivity index (χ0) is 12.9. The minimum Gasteiger partial charge on any atom is -0.372 e.